The van der Waals surface area contributed by atoms with Gasteiger partial charge in [0, 0.05) is 44.3 Å². The molecule has 0 fully saturated rings. The van der Waals surface area contributed by atoms with Gasteiger partial charge >= 0.3 is 23.9 Å². The van der Waals surface area contributed by atoms with Crippen LogP contribution >= 0.6 is 0 Å². The Morgan fingerprint density at radius 2 is 0.476 bits per heavy atom. The number of rotatable bonds is 12. The third kappa shape index (κ3) is 9.50. The van der Waals surface area contributed by atoms with Crippen molar-refractivity contribution in [3.8, 4) is 89.0 Å². The lowest BCUT2D eigenvalue weighted by Gasteiger charge is -2.15. The van der Waals surface area contributed by atoms with E-state index in [9.17, 15) is 39.6 Å². The summed E-state index contributed by atoms with van der Waals surface area (Å²) in [5, 5.41) is 42.6. The summed E-state index contributed by atoms with van der Waals surface area (Å²) in [4.78, 5) is 70.6. The molecule has 6 N–H and O–H groups in total. The zero-order valence-electron chi connectivity index (χ0n) is 44.4. The number of H-pyrrole nitrogens is 2. The molecule has 5 heterocycles. The fraction of sp³-hybridized carbons (Fsp3) is 0. The maximum atomic E-state index is 13.0. The molecule has 8 aromatic carbocycles. The molecule has 2 aliphatic heterocycles. The molecule has 0 unspecified atom stereocenters. The van der Waals surface area contributed by atoms with Crippen LogP contribution in [0.25, 0.3) is 135 Å². The number of carbonyl (C=O) groups is 4. The average Bonchev–Trinajstić information content (AvgIpc) is 2.29. The molecule has 3 aromatic heterocycles. The Kier molecular flexibility index (Phi) is 13.1. The lowest BCUT2D eigenvalue weighted by atomic mass is 9.91. The standard InChI is InChI=1S/C72H46N4O8/c77-69(78)45-21-25-49(41-13-5-1-6-14-41)53(37-45)65-57-29-31-59(73-57)66(54-38-46(70(79)80)22-26-50(54)42-15-7-2-8-16-42)61-33-35-63(75-61)68(56-40-48(72(83)84)24-28-52(56)44-19-11-4-12-20-44)64-36-34-62(76-64)67(60-32-30-58(65)74-60)55-39-47(71(81)82)23-27-51(55)43-17-9-3-10-18-43/h1-40,73,76H,(H,77,78)(H,79,80)(H,81,82)(H,83,84). The molecule has 2 aliphatic rings. The topological polar surface area (TPSA) is 207 Å². The summed E-state index contributed by atoms with van der Waals surface area (Å²) >= 11 is 0. The van der Waals surface area contributed by atoms with Gasteiger partial charge in [0.15, 0.2) is 0 Å². The summed E-state index contributed by atoms with van der Waals surface area (Å²) < 4.78 is 0. The third-order valence-electron chi connectivity index (χ3n) is 15.2. The number of fused-ring (bicyclic) bond motifs is 8. The van der Waals surface area contributed by atoms with Crippen LogP contribution in [0.4, 0.5) is 0 Å². The van der Waals surface area contributed by atoms with Crippen molar-refractivity contribution < 1.29 is 39.6 Å². The van der Waals surface area contributed by atoms with Gasteiger partial charge in [-0.3, -0.25) is 0 Å². The molecule has 84 heavy (non-hydrogen) atoms. The molecule has 0 amide bonds. The fourth-order valence-electron chi connectivity index (χ4n) is 11.4. The van der Waals surface area contributed by atoms with E-state index >= 15 is 0 Å². The van der Waals surface area contributed by atoms with Gasteiger partial charge < -0.3 is 30.4 Å². The van der Waals surface area contributed by atoms with E-state index in [0.29, 0.717) is 112 Å². The minimum atomic E-state index is -1.14. The normalized spacial score (nSPS) is 11.6. The minimum Gasteiger partial charge on any atom is -0.478 e. The first kappa shape index (κ1) is 51.7. The van der Waals surface area contributed by atoms with Gasteiger partial charge in [0.05, 0.1) is 45.0 Å². The molecule has 11 aromatic rings. The SMILES string of the molecule is O=C(O)c1ccc(-c2ccccc2)c(-c2c3nc(c(-c4cc(C(=O)O)ccc4-c4ccccc4)c4ccc([nH]4)c(-c4cc(C(=O)O)ccc4-c4ccccc4)c4nc(c(-c5cc(C(=O)O)ccc5-c5ccccc5)c5ccc2[nH]5)C=C4)C=C3)c1. The molecule has 402 valence electrons. The van der Waals surface area contributed by atoms with Crippen molar-refractivity contribution in [2.75, 3.05) is 0 Å². The van der Waals surface area contributed by atoms with E-state index < -0.39 is 23.9 Å². The molecule has 0 radical (unpaired) electrons. The molecule has 12 nitrogen and oxygen atoms in total. The molecule has 0 saturated carbocycles. The summed E-state index contributed by atoms with van der Waals surface area (Å²) in [6.45, 7) is 0. The Morgan fingerprint density at radius 3 is 0.679 bits per heavy atom. The first-order valence-electron chi connectivity index (χ1n) is 26.8. The van der Waals surface area contributed by atoms with Crippen molar-refractivity contribution in [3.63, 3.8) is 0 Å². The Balaban J connectivity index is 1.26. The summed E-state index contributed by atoms with van der Waals surface area (Å²) in [7, 11) is 0. The number of hydrogen-bond donors (Lipinski definition) is 6. The van der Waals surface area contributed by atoms with Gasteiger partial charge in [0.1, 0.15) is 0 Å². The monoisotopic (exact) mass is 1090 g/mol. The van der Waals surface area contributed by atoms with E-state index in [-0.39, 0.29) is 22.3 Å². The van der Waals surface area contributed by atoms with Crippen LogP contribution in [0, 0.1) is 0 Å². The number of hydrogen-bond acceptors (Lipinski definition) is 6. The highest BCUT2D eigenvalue weighted by Gasteiger charge is 2.26. The largest absolute Gasteiger partial charge is 0.478 e. The first-order chi connectivity index (χ1) is 40.9. The summed E-state index contributed by atoms with van der Waals surface area (Å²) in [5.74, 6) is -4.56. The molecule has 0 atom stereocenters. The lowest BCUT2D eigenvalue weighted by molar-refractivity contribution is 0.0686. The quantitative estimate of drug-likeness (QED) is 0.0682. The maximum Gasteiger partial charge on any atom is 0.335 e. The number of carboxylic acid groups (broad SMARTS) is 4. The lowest BCUT2D eigenvalue weighted by Crippen LogP contribution is -1.99. The predicted octanol–water partition coefficient (Wildman–Crippen LogP) is 16.8. The van der Waals surface area contributed by atoms with Crippen LogP contribution in [0.3, 0.4) is 0 Å². The number of nitrogens with zero attached hydrogens (tertiary/aromatic N) is 2. The second kappa shape index (κ2) is 21.4. The van der Waals surface area contributed by atoms with Crippen molar-refractivity contribution in [1.29, 1.82) is 0 Å². The van der Waals surface area contributed by atoms with Crippen molar-refractivity contribution in [3.05, 3.63) is 263 Å². The van der Waals surface area contributed by atoms with Crippen molar-refractivity contribution in [2.24, 2.45) is 0 Å². The van der Waals surface area contributed by atoms with Crippen molar-refractivity contribution in [1.82, 2.24) is 19.9 Å². The molecule has 0 spiro atoms. The van der Waals surface area contributed by atoms with Crippen LogP contribution in [0.15, 0.2) is 218 Å². The molecule has 13 rings (SSSR count). The second-order valence-corrected chi connectivity index (χ2v) is 20.2. The van der Waals surface area contributed by atoms with Gasteiger partial charge in [-0.25, -0.2) is 29.1 Å². The number of benzene rings is 8. The van der Waals surface area contributed by atoms with Gasteiger partial charge in [-0.05, 0) is 164 Å². The molecule has 0 saturated heterocycles. The smallest absolute Gasteiger partial charge is 0.335 e. The van der Waals surface area contributed by atoms with Crippen molar-refractivity contribution >= 4 is 70.2 Å². The molecule has 12 heteroatoms. The van der Waals surface area contributed by atoms with Gasteiger partial charge in [-0.2, -0.15) is 0 Å². The zero-order chi connectivity index (χ0) is 57.6. The minimum absolute atomic E-state index is 0.0298. The number of aromatic carboxylic acids is 4. The van der Waals surface area contributed by atoms with Gasteiger partial charge in [-0.15, -0.1) is 0 Å². The van der Waals surface area contributed by atoms with E-state index in [2.05, 4.69) is 9.97 Å². The van der Waals surface area contributed by atoms with Crippen LogP contribution < -0.4 is 0 Å². The van der Waals surface area contributed by atoms with E-state index in [1.165, 1.54) is 0 Å². The van der Waals surface area contributed by atoms with Gasteiger partial charge in [-0.1, -0.05) is 146 Å². The zero-order valence-corrected chi connectivity index (χ0v) is 44.4. The molecular formula is C72H46N4O8. The third-order valence-corrected chi connectivity index (χ3v) is 15.2. The summed E-state index contributed by atoms with van der Waals surface area (Å²) in [6.07, 6.45) is 7.44. The number of aromatic amines is 2. The fourth-order valence-corrected chi connectivity index (χ4v) is 11.4. The van der Waals surface area contributed by atoms with Crippen LogP contribution in [0.2, 0.25) is 0 Å². The number of carboxylic acids is 4. The van der Waals surface area contributed by atoms with Gasteiger partial charge in [0.25, 0.3) is 0 Å². The van der Waals surface area contributed by atoms with E-state index in [0.717, 1.165) is 22.3 Å². The molecular weight excluding hydrogens is 1050 g/mol. The number of nitrogens with one attached hydrogen (secondary N) is 2. The van der Waals surface area contributed by atoms with Crippen LogP contribution in [0.1, 0.15) is 64.2 Å². The van der Waals surface area contributed by atoms with E-state index in [1.807, 2.05) is 170 Å². The highest BCUT2D eigenvalue weighted by Crippen LogP contribution is 2.46. The Labute approximate surface area is 480 Å². The van der Waals surface area contributed by atoms with Crippen LogP contribution in [-0.4, -0.2) is 64.2 Å². The van der Waals surface area contributed by atoms with Crippen LogP contribution in [0.5, 0.6) is 0 Å². The molecule has 8 bridgehead atoms. The van der Waals surface area contributed by atoms with E-state index in [4.69, 9.17) is 9.97 Å². The summed E-state index contributed by atoms with van der Waals surface area (Å²) in [5.41, 5.74) is 14.2. The highest BCUT2D eigenvalue weighted by molar-refractivity contribution is 6.07. The number of aromatic nitrogens is 4. The van der Waals surface area contributed by atoms with Crippen molar-refractivity contribution in [2.45, 2.75) is 0 Å². The van der Waals surface area contributed by atoms with E-state index in [1.54, 1.807) is 72.8 Å². The maximum absolute atomic E-state index is 13.0. The molecule has 0 aliphatic carbocycles. The summed E-state index contributed by atoms with van der Waals surface area (Å²) in [6, 6.07) is 66.0. The average molecular weight is 1100 g/mol. The predicted molar refractivity (Wildman–Crippen MR) is 330 cm³/mol. The highest BCUT2D eigenvalue weighted by atomic mass is 16.4. The first-order valence-corrected chi connectivity index (χ1v) is 26.8. The second-order valence-electron chi connectivity index (χ2n) is 20.2. The van der Waals surface area contributed by atoms with Gasteiger partial charge in [0.2, 0.25) is 0 Å². The Hall–Kier alpha value is -11.8. The van der Waals surface area contributed by atoms with Crippen LogP contribution in [-0.2, 0) is 0 Å². The Morgan fingerprint density at radius 1 is 0.262 bits per heavy atom. The Bertz CT molecular complexity index is 4180.